The standard InChI is InChI=1S/C31H28N4O5S/c1-31(2)27(26(20-34)30(40-31)22(18-32)19-33)13-12-25-11-10-24(41-25)9-6-21-4-7-23(8-5-21)35(3)16-17-39-29(38)15-14-28(36)37/h4-13H,14-17H2,1-3H3,(H,36,37)/b9-6+,13-12+. The Morgan fingerprint density at radius 3 is 2.22 bits per heavy atom. The maximum atomic E-state index is 11.5. The van der Waals surface area contributed by atoms with Crippen molar-refractivity contribution in [3.8, 4) is 18.2 Å². The highest BCUT2D eigenvalue weighted by molar-refractivity contribution is 7.13. The molecule has 0 amide bonds. The van der Waals surface area contributed by atoms with Crippen LogP contribution in [0.15, 0.2) is 65.0 Å². The number of nitriles is 3. The molecule has 0 bridgehead atoms. The van der Waals surface area contributed by atoms with Crippen molar-refractivity contribution in [2.45, 2.75) is 32.3 Å². The molecular weight excluding hydrogens is 540 g/mol. The van der Waals surface area contributed by atoms with Gasteiger partial charge in [0.15, 0.2) is 11.3 Å². The quantitative estimate of drug-likeness (QED) is 0.266. The fourth-order valence-corrected chi connectivity index (χ4v) is 4.74. The van der Waals surface area contributed by atoms with E-state index in [1.165, 1.54) is 0 Å². The topological polar surface area (TPSA) is 147 Å². The first-order chi connectivity index (χ1) is 19.6. The molecule has 0 unspecified atom stereocenters. The van der Waals surface area contributed by atoms with Gasteiger partial charge in [-0.15, -0.1) is 11.3 Å². The van der Waals surface area contributed by atoms with Gasteiger partial charge in [-0.3, -0.25) is 9.59 Å². The zero-order valence-electron chi connectivity index (χ0n) is 22.9. The molecule has 41 heavy (non-hydrogen) atoms. The molecular formula is C31H28N4O5S. The third-order valence-electron chi connectivity index (χ3n) is 6.13. The smallest absolute Gasteiger partial charge is 0.306 e. The van der Waals surface area contributed by atoms with Gasteiger partial charge in [0.2, 0.25) is 0 Å². The van der Waals surface area contributed by atoms with Gasteiger partial charge in [-0.2, -0.15) is 15.8 Å². The lowest BCUT2D eigenvalue weighted by atomic mass is 9.94. The summed E-state index contributed by atoms with van der Waals surface area (Å²) < 4.78 is 10.9. The van der Waals surface area contributed by atoms with Crippen LogP contribution in [0.1, 0.15) is 42.0 Å². The summed E-state index contributed by atoms with van der Waals surface area (Å²) in [7, 11) is 1.88. The molecule has 0 radical (unpaired) electrons. The lowest BCUT2D eigenvalue weighted by molar-refractivity contribution is -0.147. The summed E-state index contributed by atoms with van der Waals surface area (Å²) in [5.41, 5.74) is 1.66. The average molecular weight is 569 g/mol. The van der Waals surface area contributed by atoms with Crippen LogP contribution in [0.2, 0.25) is 0 Å². The van der Waals surface area contributed by atoms with Crippen LogP contribution in [-0.2, 0) is 19.1 Å². The van der Waals surface area contributed by atoms with E-state index in [2.05, 4.69) is 6.07 Å². The summed E-state index contributed by atoms with van der Waals surface area (Å²) in [5, 5.41) is 36.7. The minimum atomic E-state index is -1.03. The number of hydrogen-bond donors (Lipinski definition) is 1. The molecule has 0 atom stereocenters. The van der Waals surface area contributed by atoms with E-state index in [0.717, 1.165) is 21.0 Å². The highest BCUT2D eigenvalue weighted by Gasteiger charge is 2.38. The third-order valence-corrected chi connectivity index (χ3v) is 7.15. The van der Waals surface area contributed by atoms with Crippen molar-refractivity contribution in [2.75, 3.05) is 25.1 Å². The molecule has 0 saturated carbocycles. The summed E-state index contributed by atoms with van der Waals surface area (Å²) in [6.45, 7) is 4.22. The minimum Gasteiger partial charge on any atom is -0.481 e. The Morgan fingerprint density at radius 1 is 1.00 bits per heavy atom. The number of carbonyl (C=O) groups is 2. The largest absolute Gasteiger partial charge is 0.481 e. The van der Waals surface area contributed by atoms with Crippen molar-refractivity contribution >= 4 is 47.2 Å². The number of rotatable bonds is 11. The predicted octanol–water partition coefficient (Wildman–Crippen LogP) is 5.71. The van der Waals surface area contributed by atoms with E-state index in [1.807, 2.05) is 66.6 Å². The Balaban J connectivity index is 1.61. The molecule has 208 valence electrons. The van der Waals surface area contributed by atoms with Gasteiger partial charge < -0.3 is 19.5 Å². The van der Waals surface area contributed by atoms with Crippen molar-refractivity contribution in [3.05, 3.63) is 80.3 Å². The number of hydrogen-bond acceptors (Lipinski definition) is 9. The normalized spacial score (nSPS) is 13.9. The molecule has 9 nitrogen and oxygen atoms in total. The van der Waals surface area contributed by atoms with Crippen LogP contribution in [0.3, 0.4) is 0 Å². The summed E-state index contributed by atoms with van der Waals surface area (Å²) in [6, 6.07) is 17.5. The maximum Gasteiger partial charge on any atom is 0.306 e. The van der Waals surface area contributed by atoms with E-state index >= 15 is 0 Å². The Bertz CT molecular complexity index is 1540. The van der Waals surface area contributed by atoms with E-state index in [0.29, 0.717) is 12.1 Å². The van der Waals surface area contributed by atoms with Crippen LogP contribution in [0.25, 0.3) is 18.2 Å². The van der Waals surface area contributed by atoms with E-state index < -0.39 is 17.5 Å². The molecule has 1 aliphatic heterocycles. The Labute approximate surface area is 242 Å². The average Bonchev–Trinajstić information content (AvgIpc) is 3.51. The number of aliphatic carboxylic acids is 1. The number of carboxylic acid groups (broad SMARTS) is 1. The van der Waals surface area contributed by atoms with Gasteiger partial charge in [-0.1, -0.05) is 24.3 Å². The van der Waals surface area contributed by atoms with Gasteiger partial charge in [0.1, 0.15) is 36.0 Å². The van der Waals surface area contributed by atoms with E-state index in [-0.39, 0.29) is 36.4 Å². The van der Waals surface area contributed by atoms with Crippen LogP contribution in [-0.4, -0.2) is 42.8 Å². The monoisotopic (exact) mass is 568 g/mol. The summed E-state index contributed by atoms with van der Waals surface area (Å²) >= 11 is 1.57. The molecule has 2 aromatic rings. The Hall–Kier alpha value is -5.11. The van der Waals surface area contributed by atoms with Crippen LogP contribution in [0.4, 0.5) is 5.69 Å². The zero-order chi connectivity index (χ0) is 30.0. The number of esters is 1. The molecule has 1 aromatic carbocycles. The molecule has 10 heteroatoms. The molecule has 0 aliphatic carbocycles. The first kappa shape index (κ1) is 30.4. The Morgan fingerprint density at radius 2 is 1.63 bits per heavy atom. The number of thiophene rings is 1. The highest BCUT2D eigenvalue weighted by Crippen LogP contribution is 2.40. The van der Waals surface area contributed by atoms with Gasteiger partial charge in [-0.05, 0) is 55.8 Å². The molecule has 1 N–H and O–H groups in total. The van der Waals surface area contributed by atoms with Crippen molar-refractivity contribution in [3.63, 3.8) is 0 Å². The summed E-state index contributed by atoms with van der Waals surface area (Å²) in [5.74, 6) is -1.53. The molecule has 0 fully saturated rings. The first-order valence-corrected chi connectivity index (χ1v) is 13.4. The summed E-state index contributed by atoms with van der Waals surface area (Å²) in [4.78, 5) is 26.0. The van der Waals surface area contributed by atoms with Gasteiger partial charge in [0, 0.05) is 28.1 Å². The number of ether oxygens (including phenoxy) is 2. The first-order valence-electron chi connectivity index (χ1n) is 12.6. The predicted molar refractivity (Wildman–Crippen MR) is 156 cm³/mol. The maximum absolute atomic E-state index is 11.5. The third kappa shape index (κ3) is 8.19. The summed E-state index contributed by atoms with van der Waals surface area (Å²) in [6.07, 6.45) is 7.31. The number of anilines is 1. The molecule has 0 spiro atoms. The second-order valence-corrected chi connectivity index (χ2v) is 10.6. The van der Waals surface area contributed by atoms with Gasteiger partial charge >= 0.3 is 11.9 Å². The van der Waals surface area contributed by atoms with Crippen molar-refractivity contribution in [2.24, 2.45) is 0 Å². The molecule has 0 saturated heterocycles. The fourth-order valence-electron chi connectivity index (χ4n) is 3.92. The number of nitrogens with zero attached hydrogens (tertiary/aromatic N) is 4. The van der Waals surface area contributed by atoms with Gasteiger partial charge in [-0.25, -0.2) is 0 Å². The number of carbonyl (C=O) groups excluding carboxylic acids is 1. The van der Waals surface area contributed by atoms with Crippen molar-refractivity contribution in [1.82, 2.24) is 0 Å². The number of benzene rings is 1. The number of carboxylic acids is 1. The van der Waals surface area contributed by atoms with Crippen molar-refractivity contribution in [1.29, 1.82) is 15.8 Å². The molecule has 2 heterocycles. The lowest BCUT2D eigenvalue weighted by Crippen LogP contribution is -2.24. The lowest BCUT2D eigenvalue weighted by Gasteiger charge is -2.20. The molecule has 1 aromatic heterocycles. The zero-order valence-corrected chi connectivity index (χ0v) is 23.7. The Kier molecular flexibility index (Phi) is 10.2. The van der Waals surface area contributed by atoms with Crippen LogP contribution in [0, 0.1) is 34.0 Å². The van der Waals surface area contributed by atoms with E-state index in [9.17, 15) is 25.4 Å². The van der Waals surface area contributed by atoms with Crippen LogP contribution >= 0.6 is 11.3 Å². The van der Waals surface area contributed by atoms with Crippen molar-refractivity contribution < 1.29 is 24.2 Å². The second kappa shape index (κ2) is 13.8. The molecule has 3 rings (SSSR count). The van der Waals surface area contributed by atoms with Gasteiger partial charge in [0.25, 0.3) is 0 Å². The van der Waals surface area contributed by atoms with Crippen LogP contribution in [0.5, 0.6) is 0 Å². The van der Waals surface area contributed by atoms with E-state index in [4.69, 9.17) is 14.6 Å². The fraction of sp³-hybridized carbons (Fsp3) is 0.258. The SMILES string of the molecule is CN(CCOC(=O)CCC(=O)O)c1ccc(/C=C/c2ccc(/C=C/C3=C(C#N)C(=C(C#N)C#N)OC3(C)C)s2)cc1. The molecule has 1 aliphatic rings. The van der Waals surface area contributed by atoms with Crippen LogP contribution < -0.4 is 4.90 Å². The second-order valence-electron chi connectivity index (χ2n) is 9.47. The van der Waals surface area contributed by atoms with E-state index in [1.54, 1.807) is 43.4 Å². The van der Waals surface area contributed by atoms with Gasteiger partial charge in [0.05, 0.1) is 19.4 Å². The minimum absolute atomic E-state index is 0.0191. The highest BCUT2D eigenvalue weighted by atomic mass is 32.1. The number of allylic oxidation sites excluding steroid dienone is 2. The number of likely N-dealkylation sites (N-methyl/N-ethyl adjacent to an activating group) is 1.